The molecule has 0 saturated carbocycles. The van der Waals surface area contributed by atoms with Crippen LogP contribution in [-0.4, -0.2) is 15.0 Å². The van der Waals surface area contributed by atoms with Gasteiger partial charge < -0.3 is 0 Å². The van der Waals surface area contributed by atoms with Crippen molar-refractivity contribution in [2.24, 2.45) is 0 Å². The van der Waals surface area contributed by atoms with Crippen LogP contribution in [0.3, 0.4) is 0 Å². The van der Waals surface area contributed by atoms with Gasteiger partial charge in [0, 0.05) is 10.2 Å². The summed E-state index contributed by atoms with van der Waals surface area (Å²) in [5.74, 6) is 0.486. The van der Waals surface area contributed by atoms with E-state index in [-0.39, 0.29) is 0 Å². The third-order valence-corrected chi connectivity index (χ3v) is 3.61. The summed E-state index contributed by atoms with van der Waals surface area (Å²) in [6, 6.07) is 8.19. The zero-order chi connectivity index (χ0) is 11.5. The quantitative estimate of drug-likeness (QED) is 0.796. The number of alkyl halides is 1. The Morgan fingerprint density at radius 1 is 1.31 bits per heavy atom. The van der Waals surface area contributed by atoms with Crippen molar-refractivity contribution < 1.29 is 0 Å². The van der Waals surface area contributed by atoms with Crippen molar-refractivity contribution in [1.82, 2.24) is 10.2 Å². The van der Waals surface area contributed by atoms with Gasteiger partial charge in [-0.3, -0.25) is 0 Å². The number of aromatic nitrogens is 2. The SMILES string of the molecule is CCC(c1cnnc2ccccc12)C(C)Br. The number of rotatable bonds is 3. The van der Waals surface area contributed by atoms with Crippen molar-refractivity contribution in [2.45, 2.75) is 31.0 Å². The van der Waals surface area contributed by atoms with E-state index in [1.807, 2.05) is 18.3 Å². The van der Waals surface area contributed by atoms with E-state index < -0.39 is 0 Å². The van der Waals surface area contributed by atoms with Gasteiger partial charge in [-0.25, -0.2) is 0 Å². The molecule has 2 atom stereocenters. The second kappa shape index (κ2) is 4.91. The summed E-state index contributed by atoms with van der Waals surface area (Å²) in [4.78, 5) is 0.449. The predicted molar refractivity (Wildman–Crippen MR) is 71.0 cm³/mol. The van der Waals surface area contributed by atoms with Crippen LogP contribution in [0.25, 0.3) is 10.9 Å². The van der Waals surface area contributed by atoms with E-state index in [9.17, 15) is 0 Å². The highest BCUT2D eigenvalue weighted by Crippen LogP contribution is 2.31. The van der Waals surface area contributed by atoms with Gasteiger partial charge in [-0.05, 0) is 24.0 Å². The Morgan fingerprint density at radius 2 is 2.06 bits per heavy atom. The third-order valence-electron chi connectivity index (χ3n) is 2.97. The van der Waals surface area contributed by atoms with Crippen molar-refractivity contribution >= 4 is 26.8 Å². The monoisotopic (exact) mass is 278 g/mol. The Kier molecular flexibility index (Phi) is 3.54. The molecule has 2 nitrogen and oxygen atoms in total. The summed E-state index contributed by atoms with van der Waals surface area (Å²) < 4.78 is 0. The van der Waals surface area contributed by atoms with Crippen molar-refractivity contribution in [3.8, 4) is 0 Å². The molecule has 2 rings (SSSR count). The minimum absolute atomic E-state index is 0.449. The van der Waals surface area contributed by atoms with Gasteiger partial charge in [-0.2, -0.15) is 10.2 Å². The van der Waals surface area contributed by atoms with E-state index in [0.29, 0.717) is 10.7 Å². The maximum absolute atomic E-state index is 4.15. The highest BCUT2D eigenvalue weighted by Gasteiger charge is 2.17. The molecule has 16 heavy (non-hydrogen) atoms. The second-order valence-electron chi connectivity index (χ2n) is 4.01. The van der Waals surface area contributed by atoms with E-state index in [0.717, 1.165) is 11.9 Å². The average molecular weight is 279 g/mol. The van der Waals surface area contributed by atoms with Gasteiger partial charge in [-0.15, -0.1) is 0 Å². The highest BCUT2D eigenvalue weighted by molar-refractivity contribution is 9.09. The number of nitrogens with zero attached hydrogens (tertiary/aromatic N) is 2. The van der Waals surface area contributed by atoms with Crippen LogP contribution in [0.4, 0.5) is 0 Å². The number of hydrogen-bond donors (Lipinski definition) is 0. The zero-order valence-corrected chi connectivity index (χ0v) is 11.1. The third kappa shape index (κ3) is 2.09. The van der Waals surface area contributed by atoms with Crippen LogP contribution in [0.2, 0.25) is 0 Å². The number of fused-ring (bicyclic) bond motifs is 1. The van der Waals surface area contributed by atoms with Crippen LogP contribution in [0.1, 0.15) is 31.7 Å². The molecule has 3 heteroatoms. The lowest BCUT2D eigenvalue weighted by molar-refractivity contribution is 0.663. The molecule has 0 aliphatic heterocycles. The Morgan fingerprint density at radius 3 is 2.75 bits per heavy atom. The van der Waals surface area contributed by atoms with E-state index in [1.165, 1.54) is 10.9 Å². The minimum atomic E-state index is 0.449. The van der Waals surface area contributed by atoms with Gasteiger partial charge in [-0.1, -0.05) is 48.0 Å². The lowest BCUT2D eigenvalue weighted by Gasteiger charge is -2.19. The van der Waals surface area contributed by atoms with E-state index in [2.05, 4.69) is 52.1 Å². The van der Waals surface area contributed by atoms with Gasteiger partial charge in [0.25, 0.3) is 0 Å². The average Bonchev–Trinajstić information content (AvgIpc) is 2.30. The fraction of sp³-hybridized carbons (Fsp3) is 0.385. The predicted octanol–water partition coefficient (Wildman–Crippen LogP) is 3.91. The van der Waals surface area contributed by atoms with Gasteiger partial charge in [0.1, 0.15) is 0 Å². The molecule has 0 saturated heterocycles. The molecule has 0 aliphatic rings. The van der Waals surface area contributed by atoms with Crippen molar-refractivity contribution in [1.29, 1.82) is 0 Å². The minimum Gasteiger partial charge on any atom is -0.158 e. The van der Waals surface area contributed by atoms with Crippen LogP contribution < -0.4 is 0 Å². The van der Waals surface area contributed by atoms with Crippen LogP contribution in [0.15, 0.2) is 30.5 Å². The molecule has 2 aromatic rings. The molecule has 0 aliphatic carbocycles. The molecule has 0 N–H and O–H groups in total. The van der Waals surface area contributed by atoms with Crippen molar-refractivity contribution in [3.63, 3.8) is 0 Å². The van der Waals surface area contributed by atoms with Gasteiger partial charge in [0.15, 0.2) is 0 Å². The maximum Gasteiger partial charge on any atom is 0.0932 e. The molecule has 0 amide bonds. The fourth-order valence-corrected chi connectivity index (χ4v) is 2.77. The van der Waals surface area contributed by atoms with Gasteiger partial charge in [0.05, 0.1) is 11.7 Å². The summed E-state index contributed by atoms with van der Waals surface area (Å²) in [5.41, 5.74) is 2.27. The zero-order valence-electron chi connectivity index (χ0n) is 9.52. The smallest absolute Gasteiger partial charge is 0.0932 e. The van der Waals surface area contributed by atoms with Crippen LogP contribution in [-0.2, 0) is 0 Å². The van der Waals surface area contributed by atoms with Crippen molar-refractivity contribution in [3.05, 3.63) is 36.0 Å². The normalized spacial score (nSPS) is 14.9. The largest absolute Gasteiger partial charge is 0.158 e. The van der Waals surface area contributed by atoms with Crippen LogP contribution >= 0.6 is 15.9 Å². The van der Waals surface area contributed by atoms with Crippen LogP contribution in [0.5, 0.6) is 0 Å². The first-order valence-corrected chi connectivity index (χ1v) is 6.50. The fourth-order valence-electron chi connectivity index (χ4n) is 2.12. The first kappa shape index (κ1) is 11.5. The summed E-state index contributed by atoms with van der Waals surface area (Å²) >= 11 is 3.68. The molecule has 0 radical (unpaired) electrons. The Balaban J connectivity index is 2.59. The Bertz CT molecular complexity index is 477. The molecule has 84 valence electrons. The summed E-state index contributed by atoms with van der Waals surface area (Å²) in [5, 5.41) is 9.46. The summed E-state index contributed by atoms with van der Waals surface area (Å²) in [7, 11) is 0. The van der Waals surface area contributed by atoms with Gasteiger partial charge in [0.2, 0.25) is 0 Å². The molecule has 0 spiro atoms. The lowest BCUT2D eigenvalue weighted by Crippen LogP contribution is -2.09. The van der Waals surface area contributed by atoms with Crippen molar-refractivity contribution in [2.75, 3.05) is 0 Å². The molecule has 0 fully saturated rings. The molecule has 1 heterocycles. The van der Waals surface area contributed by atoms with E-state index >= 15 is 0 Å². The second-order valence-corrected chi connectivity index (χ2v) is 5.45. The number of hydrogen-bond acceptors (Lipinski definition) is 2. The Hall–Kier alpha value is -0.960. The Labute approximate surface area is 104 Å². The lowest BCUT2D eigenvalue weighted by atomic mass is 9.92. The summed E-state index contributed by atoms with van der Waals surface area (Å²) in [6.07, 6.45) is 3.00. The standard InChI is InChI=1S/C13H15BrN2/c1-3-10(9(2)14)12-8-15-16-13-7-5-4-6-11(12)13/h4-10H,3H2,1-2H3. The molecule has 1 aromatic heterocycles. The number of benzene rings is 1. The number of halogens is 1. The molecular formula is C13H15BrN2. The molecule has 0 bridgehead atoms. The molecule has 2 unspecified atom stereocenters. The first-order chi connectivity index (χ1) is 7.74. The maximum atomic E-state index is 4.15. The summed E-state index contributed by atoms with van der Waals surface area (Å²) in [6.45, 7) is 4.39. The topological polar surface area (TPSA) is 25.8 Å². The van der Waals surface area contributed by atoms with Gasteiger partial charge >= 0.3 is 0 Å². The highest BCUT2D eigenvalue weighted by atomic mass is 79.9. The van der Waals surface area contributed by atoms with E-state index in [1.54, 1.807) is 0 Å². The molecular weight excluding hydrogens is 264 g/mol. The van der Waals surface area contributed by atoms with E-state index in [4.69, 9.17) is 0 Å². The van der Waals surface area contributed by atoms with Crippen LogP contribution in [0, 0.1) is 0 Å². The molecule has 1 aromatic carbocycles. The first-order valence-electron chi connectivity index (χ1n) is 5.58.